The number of hydrogen-bond donors (Lipinski definition) is 3. The van der Waals surface area contributed by atoms with Crippen LogP contribution in [0.2, 0.25) is 0 Å². The van der Waals surface area contributed by atoms with Crippen molar-refractivity contribution in [3.63, 3.8) is 0 Å². The minimum Gasteiger partial charge on any atom is -0.474 e. The number of pyridine rings is 2. The Hall–Kier alpha value is -3.66. The lowest BCUT2D eigenvalue weighted by atomic mass is 9.97. The summed E-state index contributed by atoms with van der Waals surface area (Å²) >= 11 is 0. The molecule has 10 heteroatoms. The van der Waals surface area contributed by atoms with Crippen LogP contribution in [0.25, 0.3) is 21.9 Å². The number of nitrogens with two attached hydrogens (primary N) is 1. The van der Waals surface area contributed by atoms with Gasteiger partial charge in [-0.2, -0.15) is 0 Å². The topological polar surface area (TPSA) is 123 Å². The number of halogens is 1. The maximum atomic E-state index is 15.4. The number of hydrogen-bond acceptors (Lipinski definition) is 7. The lowest BCUT2D eigenvalue weighted by molar-refractivity contribution is 0.181. The first kappa shape index (κ1) is 21.2. The lowest BCUT2D eigenvalue weighted by Gasteiger charge is -2.27. The van der Waals surface area contributed by atoms with E-state index >= 15 is 4.39 Å². The third-order valence-corrected chi connectivity index (χ3v) is 6.33. The summed E-state index contributed by atoms with van der Waals surface area (Å²) in [5, 5.41) is 14.1. The number of amides is 1. The molecule has 0 saturated carbocycles. The van der Waals surface area contributed by atoms with E-state index in [4.69, 9.17) is 15.2 Å². The average molecular weight is 453 g/mol. The molecule has 2 atom stereocenters. The zero-order chi connectivity index (χ0) is 23.3. The smallest absolute Gasteiger partial charge is 0.413 e. The normalized spacial score (nSPS) is 19.6. The minimum absolute atomic E-state index is 0.0198. The fourth-order valence-corrected chi connectivity index (χ4v) is 4.50. The number of ether oxygens (including phenoxy) is 2. The lowest BCUT2D eigenvalue weighted by Crippen LogP contribution is -2.43. The van der Waals surface area contributed by atoms with Gasteiger partial charge >= 0.3 is 6.09 Å². The summed E-state index contributed by atoms with van der Waals surface area (Å²) in [6, 6.07) is 2.92. The molecule has 9 nitrogen and oxygen atoms in total. The van der Waals surface area contributed by atoms with Gasteiger partial charge in [-0.3, -0.25) is 4.90 Å². The Labute approximate surface area is 189 Å². The van der Waals surface area contributed by atoms with E-state index in [0.29, 0.717) is 48.6 Å². The molecule has 1 aromatic carbocycles. The van der Waals surface area contributed by atoms with Crippen molar-refractivity contribution in [1.29, 1.82) is 0 Å². The van der Waals surface area contributed by atoms with Gasteiger partial charge in [0.25, 0.3) is 0 Å². The molecule has 172 valence electrons. The Balaban J connectivity index is 1.65. The fraction of sp³-hybridized carbons (Fsp3) is 0.348. The van der Waals surface area contributed by atoms with Gasteiger partial charge in [0.15, 0.2) is 5.82 Å². The molecular formula is C23H24FN5O4. The molecule has 1 fully saturated rings. The quantitative estimate of drug-likeness (QED) is 0.514. The third-order valence-electron chi connectivity index (χ3n) is 6.33. The van der Waals surface area contributed by atoms with Gasteiger partial charge in [-0.05, 0) is 30.0 Å². The van der Waals surface area contributed by atoms with E-state index in [1.54, 1.807) is 18.3 Å². The molecule has 33 heavy (non-hydrogen) atoms. The molecule has 0 radical (unpaired) electrons. The van der Waals surface area contributed by atoms with E-state index in [9.17, 15) is 9.90 Å². The van der Waals surface area contributed by atoms with Crippen molar-refractivity contribution in [3.05, 3.63) is 35.9 Å². The molecule has 2 aromatic heterocycles. The second-order valence-electron chi connectivity index (χ2n) is 8.40. The Morgan fingerprint density at radius 3 is 2.82 bits per heavy atom. The van der Waals surface area contributed by atoms with Crippen molar-refractivity contribution in [2.75, 3.05) is 42.3 Å². The van der Waals surface area contributed by atoms with Gasteiger partial charge in [0, 0.05) is 41.4 Å². The van der Waals surface area contributed by atoms with Crippen molar-refractivity contribution in [1.82, 2.24) is 9.97 Å². The summed E-state index contributed by atoms with van der Waals surface area (Å²) in [6.07, 6.45) is 1.85. The molecule has 5 rings (SSSR count). The third kappa shape index (κ3) is 3.46. The molecule has 2 aliphatic rings. The van der Waals surface area contributed by atoms with Crippen LogP contribution >= 0.6 is 0 Å². The van der Waals surface area contributed by atoms with Crippen molar-refractivity contribution in [2.24, 2.45) is 5.92 Å². The van der Waals surface area contributed by atoms with Crippen molar-refractivity contribution >= 4 is 34.1 Å². The summed E-state index contributed by atoms with van der Waals surface area (Å²) in [4.78, 5) is 21.9. The largest absolute Gasteiger partial charge is 0.474 e. The summed E-state index contributed by atoms with van der Waals surface area (Å²) in [7, 11) is 0. The van der Waals surface area contributed by atoms with Crippen molar-refractivity contribution in [2.45, 2.75) is 19.9 Å². The van der Waals surface area contributed by atoms with E-state index < -0.39 is 11.9 Å². The molecule has 0 spiro atoms. The van der Waals surface area contributed by atoms with Gasteiger partial charge in [-0.1, -0.05) is 6.92 Å². The summed E-state index contributed by atoms with van der Waals surface area (Å²) in [5.41, 5.74) is 8.45. The van der Waals surface area contributed by atoms with Crippen LogP contribution in [0.3, 0.4) is 0 Å². The standard InChI is InChI=1S/C23H24FN5O4/c1-11-9-32-10-17(11)29(23(30)31)18-6-13-5-14(19(24)20(25)16(13)8-27-18)15-7-28-22-21(12(15)2)26-3-4-33-22/h5-8,11,17,26H,3-4,9-10,25H2,1-2H3,(H,30,31)/t11-,17-/m0/s1. The van der Waals surface area contributed by atoms with Crippen LogP contribution in [0, 0.1) is 18.7 Å². The number of aromatic nitrogens is 2. The maximum absolute atomic E-state index is 15.4. The highest BCUT2D eigenvalue weighted by Gasteiger charge is 2.35. The van der Waals surface area contributed by atoms with Gasteiger partial charge in [0.05, 0.1) is 24.9 Å². The number of fused-ring (bicyclic) bond motifs is 2. The number of nitrogens with one attached hydrogen (secondary N) is 1. The molecule has 0 unspecified atom stereocenters. The Morgan fingerprint density at radius 1 is 1.27 bits per heavy atom. The molecule has 1 amide bonds. The van der Waals surface area contributed by atoms with E-state index in [1.165, 1.54) is 11.1 Å². The molecule has 4 heterocycles. The fourth-order valence-electron chi connectivity index (χ4n) is 4.50. The Morgan fingerprint density at radius 2 is 2.09 bits per heavy atom. The summed E-state index contributed by atoms with van der Waals surface area (Å²) in [5.74, 6) is 0.163. The van der Waals surface area contributed by atoms with Crippen LogP contribution in [0.15, 0.2) is 24.5 Å². The first-order valence-electron chi connectivity index (χ1n) is 10.7. The second kappa shape index (κ2) is 8.04. The van der Waals surface area contributed by atoms with E-state index in [-0.39, 0.29) is 29.0 Å². The van der Waals surface area contributed by atoms with Crippen LogP contribution in [-0.4, -0.2) is 53.6 Å². The van der Waals surface area contributed by atoms with E-state index in [0.717, 1.165) is 11.3 Å². The first-order chi connectivity index (χ1) is 15.9. The molecule has 0 aliphatic carbocycles. The zero-order valence-electron chi connectivity index (χ0n) is 18.3. The van der Waals surface area contributed by atoms with Gasteiger partial charge < -0.3 is 25.6 Å². The van der Waals surface area contributed by atoms with Gasteiger partial charge in [0.2, 0.25) is 5.88 Å². The van der Waals surface area contributed by atoms with E-state index in [2.05, 4.69) is 15.3 Å². The SMILES string of the molecule is Cc1c(-c2cc3cc(N(C(=O)O)[C@H]4COC[C@@H]4C)ncc3c(N)c2F)cnc2c1NCCO2. The number of rotatable bonds is 3. The van der Waals surface area contributed by atoms with Crippen molar-refractivity contribution in [3.8, 4) is 17.0 Å². The molecule has 2 aliphatic heterocycles. The van der Waals surface area contributed by atoms with Crippen LogP contribution in [0.5, 0.6) is 5.88 Å². The predicted octanol–water partition coefficient (Wildman–Crippen LogP) is 3.65. The number of carboxylic acid groups (broad SMARTS) is 1. The zero-order valence-corrected chi connectivity index (χ0v) is 18.3. The average Bonchev–Trinajstić information content (AvgIpc) is 3.22. The Kier molecular flexibility index (Phi) is 5.16. The monoisotopic (exact) mass is 453 g/mol. The van der Waals surface area contributed by atoms with Gasteiger partial charge in [-0.25, -0.2) is 19.2 Å². The van der Waals surface area contributed by atoms with E-state index in [1.807, 2.05) is 13.8 Å². The predicted molar refractivity (Wildman–Crippen MR) is 122 cm³/mol. The molecular weight excluding hydrogens is 429 g/mol. The van der Waals surface area contributed by atoms with Crippen LogP contribution in [0.1, 0.15) is 12.5 Å². The molecule has 3 aromatic rings. The molecule has 1 saturated heterocycles. The highest BCUT2D eigenvalue weighted by Crippen LogP contribution is 2.40. The Bertz CT molecular complexity index is 1270. The van der Waals surface area contributed by atoms with Gasteiger partial charge in [-0.15, -0.1) is 0 Å². The van der Waals surface area contributed by atoms with Crippen LogP contribution < -0.4 is 20.7 Å². The summed E-state index contributed by atoms with van der Waals surface area (Å²) in [6.45, 7) is 5.71. The van der Waals surface area contributed by atoms with Gasteiger partial charge in [0.1, 0.15) is 18.1 Å². The summed E-state index contributed by atoms with van der Waals surface area (Å²) < 4.78 is 26.4. The minimum atomic E-state index is -1.12. The number of anilines is 3. The second-order valence-corrected chi connectivity index (χ2v) is 8.40. The maximum Gasteiger partial charge on any atom is 0.413 e. The van der Waals surface area contributed by atoms with Crippen molar-refractivity contribution < 1.29 is 23.8 Å². The molecule has 4 N–H and O–H groups in total. The number of nitrogen functional groups attached to an aromatic ring is 1. The highest BCUT2D eigenvalue weighted by atomic mass is 19.1. The van der Waals surface area contributed by atoms with Crippen LogP contribution in [-0.2, 0) is 4.74 Å². The van der Waals surface area contributed by atoms with Crippen LogP contribution in [0.4, 0.5) is 26.4 Å². The first-order valence-corrected chi connectivity index (χ1v) is 10.7. The number of benzene rings is 1. The molecule has 0 bridgehead atoms. The number of nitrogens with zero attached hydrogens (tertiary/aromatic N) is 3. The number of carbonyl (C=O) groups is 1. The highest BCUT2D eigenvalue weighted by molar-refractivity contribution is 5.99.